The van der Waals surface area contributed by atoms with Crippen LogP contribution in [0.25, 0.3) is 5.65 Å². The van der Waals surface area contributed by atoms with Crippen LogP contribution < -0.4 is 0 Å². The minimum absolute atomic E-state index is 0.0477. The van der Waals surface area contributed by atoms with Gasteiger partial charge in [0.05, 0.1) is 5.56 Å². The topological polar surface area (TPSA) is 47.3 Å². The third-order valence-electron chi connectivity index (χ3n) is 4.60. The lowest BCUT2D eigenvalue weighted by Gasteiger charge is -2.08. The number of ketones is 1. The average molecular weight is 419 g/mol. The molecule has 0 radical (unpaired) electrons. The highest BCUT2D eigenvalue weighted by atomic mass is 19.4. The number of benzene rings is 2. The van der Waals surface area contributed by atoms with Gasteiger partial charge in [0.2, 0.25) is 0 Å². The van der Waals surface area contributed by atoms with Crippen LogP contribution in [0.15, 0.2) is 73.1 Å². The van der Waals surface area contributed by atoms with Gasteiger partial charge < -0.3 is 0 Å². The second-order valence-corrected chi connectivity index (χ2v) is 6.99. The molecule has 0 spiro atoms. The highest BCUT2D eigenvalue weighted by molar-refractivity contribution is 5.83. The Morgan fingerprint density at radius 2 is 1.71 bits per heavy atom. The molecule has 0 unspecified atom stereocenters. The number of halogens is 3. The molecule has 2 aromatic carbocycles. The average Bonchev–Trinajstić information content (AvgIpc) is 3.21. The molecule has 31 heavy (non-hydrogen) atoms. The standard InChI is InChI=1S/C24H16F3N3O/c25-24(26,27)20-3-1-2-19(14-20)16-22(31)15-18-6-4-17(5-7-18)8-9-21-10-11-23-28-12-13-30(23)29-21/h1-7,10-14H,15-16H2. The summed E-state index contributed by atoms with van der Waals surface area (Å²) >= 11 is 0. The maximum absolute atomic E-state index is 12.8. The Kier molecular flexibility index (Phi) is 5.54. The van der Waals surface area contributed by atoms with E-state index in [-0.39, 0.29) is 18.6 Å². The van der Waals surface area contributed by atoms with E-state index >= 15 is 0 Å². The predicted octanol–water partition coefficient (Wildman–Crippen LogP) is 4.50. The van der Waals surface area contributed by atoms with Gasteiger partial charge in [-0.25, -0.2) is 9.50 Å². The van der Waals surface area contributed by atoms with Gasteiger partial charge in [0.25, 0.3) is 0 Å². The van der Waals surface area contributed by atoms with Gasteiger partial charge in [-0.1, -0.05) is 36.3 Å². The van der Waals surface area contributed by atoms with Crippen LogP contribution in [-0.2, 0) is 23.8 Å². The number of imidazole rings is 1. The SMILES string of the molecule is O=C(Cc1ccc(C#Cc2ccc3nccn3n2)cc1)Cc1cccc(C(F)(F)F)c1. The number of carbonyl (C=O) groups is 1. The monoisotopic (exact) mass is 419 g/mol. The molecule has 0 atom stereocenters. The first kappa shape index (κ1) is 20.4. The molecule has 0 N–H and O–H groups in total. The molecule has 0 bridgehead atoms. The van der Waals surface area contributed by atoms with Crippen molar-refractivity contribution in [3.8, 4) is 11.8 Å². The van der Waals surface area contributed by atoms with Gasteiger partial charge in [0, 0.05) is 30.8 Å². The van der Waals surface area contributed by atoms with Crippen molar-refractivity contribution in [3.05, 3.63) is 101 Å². The number of hydrogen-bond donors (Lipinski definition) is 0. The van der Waals surface area contributed by atoms with Crippen LogP contribution in [0, 0.1) is 11.8 Å². The fraction of sp³-hybridized carbons (Fsp3) is 0.125. The number of rotatable bonds is 4. The fourth-order valence-electron chi connectivity index (χ4n) is 3.10. The molecule has 154 valence electrons. The summed E-state index contributed by atoms with van der Waals surface area (Å²) in [6, 6.07) is 15.7. The smallest absolute Gasteiger partial charge is 0.299 e. The van der Waals surface area contributed by atoms with Gasteiger partial charge in [-0.15, -0.1) is 0 Å². The first-order valence-electron chi connectivity index (χ1n) is 9.46. The maximum atomic E-state index is 12.8. The molecule has 0 aliphatic rings. The van der Waals surface area contributed by atoms with Gasteiger partial charge in [-0.2, -0.15) is 18.3 Å². The molecule has 4 nitrogen and oxygen atoms in total. The molecule has 2 heterocycles. The van der Waals surface area contributed by atoms with Crippen LogP contribution in [0.2, 0.25) is 0 Å². The zero-order valence-corrected chi connectivity index (χ0v) is 16.2. The minimum Gasteiger partial charge on any atom is -0.299 e. The number of fused-ring (bicyclic) bond motifs is 1. The van der Waals surface area contributed by atoms with Crippen molar-refractivity contribution in [2.75, 3.05) is 0 Å². The van der Waals surface area contributed by atoms with Gasteiger partial charge in [0.15, 0.2) is 5.65 Å². The summed E-state index contributed by atoms with van der Waals surface area (Å²) in [4.78, 5) is 16.4. The van der Waals surface area contributed by atoms with E-state index < -0.39 is 11.7 Å². The first-order chi connectivity index (χ1) is 14.9. The van der Waals surface area contributed by atoms with Crippen molar-refractivity contribution in [1.82, 2.24) is 14.6 Å². The van der Waals surface area contributed by atoms with E-state index in [4.69, 9.17) is 0 Å². The predicted molar refractivity (Wildman–Crippen MR) is 109 cm³/mol. The third-order valence-corrected chi connectivity index (χ3v) is 4.60. The third kappa shape index (κ3) is 5.17. The number of hydrogen-bond acceptors (Lipinski definition) is 3. The zero-order chi connectivity index (χ0) is 21.8. The lowest BCUT2D eigenvalue weighted by Crippen LogP contribution is -2.09. The zero-order valence-electron chi connectivity index (χ0n) is 16.2. The summed E-state index contributed by atoms with van der Waals surface area (Å²) in [7, 11) is 0. The van der Waals surface area contributed by atoms with Crippen molar-refractivity contribution < 1.29 is 18.0 Å². The first-order valence-corrected chi connectivity index (χ1v) is 9.46. The summed E-state index contributed by atoms with van der Waals surface area (Å²) in [5, 5.41) is 4.33. The Hall–Kier alpha value is -3.92. The maximum Gasteiger partial charge on any atom is 0.416 e. The number of nitrogens with zero attached hydrogens (tertiary/aromatic N) is 3. The van der Waals surface area contributed by atoms with Crippen molar-refractivity contribution in [2.24, 2.45) is 0 Å². The van der Waals surface area contributed by atoms with Gasteiger partial charge in [-0.3, -0.25) is 4.79 Å². The van der Waals surface area contributed by atoms with E-state index in [1.807, 2.05) is 6.07 Å². The van der Waals surface area contributed by atoms with Crippen LogP contribution in [0.5, 0.6) is 0 Å². The number of Topliss-reactive ketones (excluding diaryl/α,β-unsaturated/α-hetero) is 1. The van der Waals surface area contributed by atoms with E-state index in [2.05, 4.69) is 21.9 Å². The lowest BCUT2D eigenvalue weighted by atomic mass is 10.0. The van der Waals surface area contributed by atoms with Gasteiger partial charge >= 0.3 is 6.18 Å². The molecule has 0 amide bonds. The normalized spacial score (nSPS) is 11.2. The quantitative estimate of drug-likeness (QED) is 0.458. The van der Waals surface area contributed by atoms with E-state index in [1.165, 1.54) is 12.1 Å². The summed E-state index contributed by atoms with van der Waals surface area (Å²) in [5.74, 6) is 5.85. The molecule has 0 saturated carbocycles. The molecule has 4 rings (SSSR count). The fourth-order valence-corrected chi connectivity index (χ4v) is 3.10. The molecular weight excluding hydrogens is 403 g/mol. The molecule has 4 aromatic rings. The summed E-state index contributed by atoms with van der Waals surface area (Å²) < 4.78 is 40.1. The second-order valence-electron chi connectivity index (χ2n) is 6.99. The highest BCUT2D eigenvalue weighted by Crippen LogP contribution is 2.29. The Labute approximate surface area is 176 Å². The molecule has 0 saturated heterocycles. The van der Waals surface area contributed by atoms with Crippen LogP contribution in [0.1, 0.15) is 27.9 Å². The molecule has 2 aromatic heterocycles. The summed E-state index contributed by atoms with van der Waals surface area (Å²) in [6.07, 6.45) is -0.926. The second kappa shape index (κ2) is 8.44. The molecular formula is C24H16F3N3O. The molecule has 0 aliphatic carbocycles. The number of alkyl halides is 3. The number of aromatic nitrogens is 3. The van der Waals surface area contributed by atoms with E-state index in [1.54, 1.807) is 47.2 Å². The minimum atomic E-state index is -4.42. The Bertz CT molecular complexity index is 1300. The lowest BCUT2D eigenvalue weighted by molar-refractivity contribution is -0.137. The molecule has 0 aliphatic heterocycles. The van der Waals surface area contributed by atoms with E-state index in [0.717, 1.165) is 28.9 Å². The van der Waals surface area contributed by atoms with Crippen molar-refractivity contribution in [2.45, 2.75) is 19.0 Å². The Morgan fingerprint density at radius 1 is 0.935 bits per heavy atom. The number of carbonyl (C=O) groups excluding carboxylic acids is 1. The Morgan fingerprint density at radius 3 is 2.48 bits per heavy atom. The Balaban J connectivity index is 1.39. The van der Waals surface area contributed by atoms with Crippen LogP contribution in [0.3, 0.4) is 0 Å². The van der Waals surface area contributed by atoms with Crippen LogP contribution in [-0.4, -0.2) is 20.4 Å². The van der Waals surface area contributed by atoms with Crippen molar-refractivity contribution in [3.63, 3.8) is 0 Å². The van der Waals surface area contributed by atoms with Crippen LogP contribution in [0.4, 0.5) is 13.2 Å². The van der Waals surface area contributed by atoms with E-state index in [9.17, 15) is 18.0 Å². The molecule has 7 heteroatoms. The summed E-state index contributed by atoms with van der Waals surface area (Å²) in [6.45, 7) is 0. The van der Waals surface area contributed by atoms with E-state index in [0.29, 0.717) is 11.3 Å². The van der Waals surface area contributed by atoms with Gasteiger partial charge in [-0.05, 0) is 47.4 Å². The molecule has 0 fully saturated rings. The summed E-state index contributed by atoms with van der Waals surface area (Å²) in [5.41, 5.74) is 2.49. The van der Waals surface area contributed by atoms with Crippen LogP contribution >= 0.6 is 0 Å². The highest BCUT2D eigenvalue weighted by Gasteiger charge is 2.30. The largest absolute Gasteiger partial charge is 0.416 e. The van der Waals surface area contributed by atoms with Gasteiger partial charge in [0.1, 0.15) is 11.5 Å². The van der Waals surface area contributed by atoms with Crippen molar-refractivity contribution in [1.29, 1.82) is 0 Å². The van der Waals surface area contributed by atoms with Crippen molar-refractivity contribution >= 4 is 11.4 Å².